The number of aliphatic hydroxyl groups is 1. The first-order chi connectivity index (χ1) is 15.1. The highest BCUT2D eigenvalue weighted by Gasteiger charge is 2.29. The molecule has 1 fully saturated rings. The Labute approximate surface area is 181 Å². The summed E-state index contributed by atoms with van der Waals surface area (Å²) in [4.78, 5) is 32.1. The van der Waals surface area contributed by atoms with Crippen LogP contribution in [-0.4, -0.2) is 54.1 Å². The van der Waals surface area contributed by atoms with Gasteiger partial charge in [-0.25, -0.2) is 4.99 Å². The number of unbranched alkanes of at least 4 members (excludes halogenated alkanes) is 1. The van der Waals surface area contributed by atoms with E-state index in [4.69, 9.17) is 4.74 Å². The van der Waals surface area contributed by atoms with E-state index in [9.17, 15) is 14.7 Å². The van der Waals surface area contributed by atoms with Crippen LogP contribution >= 0.6 is 0 Å². The van der Waals surface area contributed by atoms with Crippen LogP contribution in [0.2, 0.25) is 0 Å². The van der Waals surface area contributed by atoms with E-state index < -0.39 is 0 Å². The maximum Gasteiger partial charge on any atom is 0.246 e. The lowest BCUT2D eigenvalue weighted by Gasteiger charge is -2.23. The van der Waals surface area contributed by atoms with Crippen LogP contribution in [-0.2, 0) is 16.1 Å². The Morgan fingerprint density at radius 2 is 2.00 bits per heavy atom. The van der Waals surface area contributed by atoms with Gasteiger partial charge in [0.25, 0.3) is 0 Å². The summed E-state index contributed by atoms with van der Waals surface area (Å²) < 4.78 is 5.86. The number of carbonyl (C=O) groups is 2. The minimum atomic E-state index is -0.0741. The Hall–Kier alpha value is -3.39. The highest BCUT2D eigenvalue weighted by atomic mass is 16.5. The van der Waals surface area contributed by atoms with E-state index in [2.05, 4.69) is 10.3 Å². The van der Waals surface area contributed by atoms with Crippen molar-refractivity contribution in [3.63, 3.8) is 0 Å². The van der Waals surface area contributed by atoms with E-state index >= 15 is 0 Å². The molecule has 0 aliphatic carbocycles. The molecule has 2 N–H and O–H groups in total. The van der Waals surface area contributed by atoms with Gasteiger partial charge in [0, 0.05) is 30.8 Å². The molecule has 2 aromatic carbocycles. The van der Waals surface area contributed by atoms with Crippen molar-refractivity contribution >= 4 is 29.1 Å². The van der Waals surface area contributed by atoms with Crippen molar-refractivity contribution in [1.29, 1.82) is 0 Å². The quantitative estimate of drug-likeness (QED) is 0.604. The lowest BCUT2D eigenvalue weighted by Crippen LogP contribution is -2.33. The van der Waals surface area contributed by atoms with Crippen molar-refractivity contribution in [3.05, 3.63) is 54.1 Å². The average Bonchev–Trinajstić information content (AvgIpc) is 3.14. The molecule has 2 heterocycles. The van der Waals surface area contributed by atoms with Crippen molar-refractivity contribution in [1.82, 2.24) is 10.2 Å². The van der Waals surface area contributed by atoms with Gasteiger partial charge < -0.3 is 19.6 Å². The average molecular weight is 422 g/mol. The van der Waals surface area contributed by atoms with Crippen molar-refractivity contribution in [2.75, 3.05) is 31.2 Å². The van der Waals surface area contributed by atoms with E-state index in [1.807, 2.05) is 53.4 Å². The summed E-state index contributed by atoms with van der Waals surface area (Å²) in [6, 6.07) is 15.1. The molecular formula is C23H26N4O4. The molecule has 0 radical (unpaired) electrons. The molecule has 2 aliphatic heterocycles. The first-order valence-corrected chi connectivity index (χ1v) is 10.5. The summed E-state index contributed by atoms with van der Waals surface area (Å²) >= 11 is 0. The van der Waals surface area contributed by atoms with Gasteiger partial charge in [0.1, 0.15) is 12.3 Å². The maximum absolute atomic E-state index is 12.6. The number of anilines is 1. The number of amides is 2. The number of aliphatic imine (C=N–C) groups is 1. The molecule has 4 rings (SSSR count). The minimum Gasteiger partial charge on any atom is -0.494 e. The molecule has 162 valence electrons. The fraction of sp³-hybridized carbons (Fsp3) is 0.348. The van der Waals surface area contributed by atoms with Gasteiger partial charge in [0.15, 0.2) is 0 Å². The third-order valence-corrected chi connectivity index (χ3v) is 5.27. The Bertz CT molecular complexity index is 977. The van der Waals surface area contributed by atoms with Crippen LogP contribution in [0.1, 0.15) is 24.8 Å². The SMILES string of the molecule is O=C1CN2Cc3cc(OCCCCC(=O)N(CCO)c4ccccc4)ccc3N=C2N1. The predicted octanol–water partition coefficient (Wildman–Crippen LogP) is 2.19. The van der Waals surface area contributed by atoms with Gasteiger partial charge >= 0.3 is 0 Å². The molecular weight excluding hydrogens is 396 g/mol. The zero-order valence-corrected chi connectivity index (χ0v) is 17.3. The number of guanidine groups is 1. The van der Waals surface area contributed by atoms with E-state index in [1.54, 1.807) is 4.90 Å². The third kappa shape index (κ3) is 5.03. The fourth-order valence-electron chi connectivity index (χ4n) is 3.74. The Morgan fingerprint density at radius 3 is 2.81 bits per heavy atom. The van der Waals surface area contributed by atoms with Gasteiger partial charge in [-0.05, 0) is 43.2 Å². The largest absolute Gasteiger partial charge is 0.494 e. The molecule has 0 atom stereocenters. The second-order valence-corrected chi connectivity index (χ2v) is 7.54. The molecule has 0 spiro atoms. The van der Waals surface area contributed by atoms with E-state index in [0.29, 0.717) is 38.5 Å². The van der Waals surface area contributed by atoms with Crippen LogP contribution in [0.15, 0.2) is 53.5 Å². The third-order valence-electron chi connectivity index (χ3n) is 5.27. The van der Waals surface area contributed by atoms with Crippen LogP contribution in [0, 0.1) is 0 Å². The molecule has 0 aromatic heterocycles. The molecule has 2 amide bonds. The van der Waals surface area contributed by atoms with Gasteiger partial charge in [-0.15, -0.1) is 0 Å². The second-order valence-electron chi connectivity index (χ2n) is 7.54. The molecule has 0 bridgehead atoms. The summed E-state index contributed by atoms with van der Waals surface area (Å²) in [6.07, 6.45) is 1.85. The predicted molar refractivity (Wildman–Crippen MR) is 117 cm³/mol. The number of fused-ring (bicyclic) bond motifs is 2. The standard InChI is InChI=1S/C23H26N4O4/c28-12-11-27(18-6-2-1-3-7-18)22(30)8-4-5-13-31-19-9-10-20-17(14-19)15-26-16-21(29)25-23(26)24-20/h1-3,6-7,9-10,14,28H,4-5,8,11-13,15-16H2,(H,24,25,29). The molecule has 2 aromatic rings. The van der Waals surface area contributed by atoms with Crippen LogP contribution in [0.3, 0.4) is 0 Å². The Kier molecular flexibility index (Phi) is 6.47. The highest BCUT2D eigenvalue weighted by molar-refractivity contribution is 6.05. The van der Waals surface area contributed by atoms with E-state index in [-0.39, 0.29) is 25.0 Å². The smallest absolute Gasteiger partial charge is 0.246 e. The van der Waals surface area contributed by atoms with Crippen LogP contribution < -0.4 is 15.0 Å². The van der Waals surface area contributed by atoms with Crippen LogP contribution in [0.25, 0.3) is 0 Å². The number of carbonyl (C=O) groups excluding carboxylic acids is 2. The number of benzene rings is 2. The molecule has 0 unspecified atom stereocenters. The zero-order chi connectivity index (χ0) is 21.6. The molecule has 8 nitrogen and oxygen atoms in total. The van der Waals surface area contributed by atoms with Crippen molar-refractivity contribution in [2.24, 2.45) is 4.99 Å². The van der Waals surface area contributed by atoms with E-state index in [1.165, 1.54) is 0 Å². The molecule has 8 heteroatoms. The molecule has 2 aliphatic rings. The number of nitrogens with one attached hydrogen (secondary N) is 1. The first-order valence-electron chi connectivity index (χ1n) is 10.5. The Morgan fingerprint density at radius 1 is 1.16 bits per heavy atom. The number of hydrogen-bond acceptors (Lipinski definition) is 6. The number of hydrogen-bond donors (Lipinski definition) is 2. The maximum atomic E-state index is 12.6. The monoisotopic (exact) mass is 422 g/mol. The Balaban J connectivity index is 1.24. The second kappa shape index (κ2) is 9.61. The molecule has 1 saturated heterocycles. The number of para-hydroxylation sites is 1. The molecule has 0 saturated carbocycles. The van der Waals surface area contributed by atoms with Crippen LogP contribution in [0.5, 0.6) is 5.75 Å². The van der Waals surface area contributed by atoms with Crippen molar-refractivity contribution < 1.29 is 19.4 Å². The normalized spacial score (nSPS) is 14.4. The number of aliphatic hydroxyl groups excluding tert-OH is 1. The first kappa shape index (κ1) is 20.9. The van der Waals surface area contributed by atoms with Crippen molar-refractivity contribution in [2.45, 2.75) is 25.8 Å². The number of rotatable bonds is 9. The van der Waals surface area contributed by atoms with Gasteiger partial charge in [0.2, 0.25) is 17.8 Å². The van der Waals surface area contributed by atoms with Gasteiger partial charge in [0.05, 0.1) is 18.9 Å². The summed E-state index contributed by atoms with van der Waals surface area (Å²) in [5, 5.41) is 12.0. The van der Waals surface area contributed by atoms with Crippen LogP contribution in [0.4, 0.5) is 11.4 Å². The lowest BCUT2D eigenvalue weighted by molar-refractivity contribution is -0.119. The summed E-state index contributed by atoms with van der Waals surface area (Å²) in [5.74, 6) is 1.33. The summed E-state index contributed by atoms with van der Waals surface area (Å²) in [5.41, 5.74) is 2.67. The van der Waals surface area contributed by atoms with Gasteiger partial charge in [-0.3, -0.25) is 14.9 Å². The van der Waals surface area contributed by atoms with Gasteiger partial charge in [-0.2, -0.15) is 0 Å². The zero-order valence-electron chi connectivity index (χ0n) is 17.3. The minimum absolute atomic E-state index is 0.00327. The van der Waals surface area contributed by atoms with E-state index in [0.717, 1.165) is 29.1 Å². The summed E-state index contributed by atoms with van der Waals surface area (Å²) in [6.45, 7) is 1.67. The van der Waals surface area contributed by atoms with Crippen molar-refractivity contribution in [3.8, 4) is 5.75 Å². The van der Waals surface area contributed by atoms with Gasteiger partial charge in [-0.1, -0.05) is 18.2 Å². The number of ether oxygens (including phenoxy) is 1. The topological polar surface area (TPSA) is 94.5 Å². The highest BCUT2D eigenvalue weighted by Crippen LogP contribution is 2.30. The number of nitrogens with zero attached hydrogens (tertiary/aromatic N) is 3. The lowest BCUT2D eigenvalue weighted by atomic mass is 10.1. The molecule has 31 heavy (non-hydrogen) atoms. The fourth-order valence-corrected chi connectivity index (χ4v) is 3.74. The summed E-state index contributed by atoms with van der Waals surface area (Å²) in [7, 11) is 0.